The largest absolute Gasteiger partial charge is 0.478 e. The fourth-order valence-electron chi connectivity index (χ4n) is 2.65. The van der Waals surface area contributed by atoms with E-state index in [-0.39, 0.29) is 11.6 Å². The summed E-state index contributed by atoms with van der Waals surface area (Å²) in [5, 5.41) is 13.6. The van der Waals surface area contributed by atoms with Crippen LogP contribution in [0.5, 0.6) is 0 Å². The first-order valence-electron chi connectivity index (χ1n) is 7.16. The molecule has 2 rings (SSSR count). The molecule has 0 radical (unpaired) electrons. The standard InChI is InChI=1S/C15H21N3O3/c1-10-5-3-6-11(2)18(10)17-15(21)16-13-8-4-7-12(9-13)14(19)20/h4,7-11H,3,5-6H2,1-2H3,(H,19,20)(H2,16,17,21). The van der Waals surface area contributed by atoms with Gasteiger partial charge < -0.3 is 10.4 Å². The van der Waals surface area contributed by atoms with E-state index in [4.69, 9.17) is 5.11 Å². The maximum absolute atomic E-state index is 12.0. The number of benzene rings is 1. The lowest BCUT2D eigenvalue weighted by Gasteiger charge is -2.38. The van der Waals surface area contributed by atoms with Crippen LogP contribution in [0, 0.1) is 0 Å². The van der Waals surface area contributed by atoms with Crippen molar-refractivity contribution in [3.05, 3.63) is 29.8 Å². The molecule has 1 heterocycles. The quantitative estimate of drug-likeness (QED) is 0.799. The topological polar surface area (TPSA) is 81.7 Å². The van der Waals surface area contributed by atoms with Crippen LogP contribution in [-0.2, 0) is 0 Å². The van der Waals surface area contributed by atoms with Gasteiger partial charge in [-0.05, 0) is 44.9 Å². The smallest absolute Gasteiger partial charge is 0.335 e. The number of hydrogen-bond acceptors (Lipinski definition) is 3. The lowest BCUT2D eigenvalue weighted by atomic mass is 10.00. The molecule has 6 heteroatoms. The molecule has 1 aromatic carbocycles. The summed E-state index contributed by atoms with van der Waals surface area (Å²) in [5.41, 5.74) is 3.46. The summed E-state index contributed by atoms with van der Waals surface area (Å²) in [4.78, 5) is 22.9. The number of amides is 2. The Balaban J connectivity index is 1.98. The lowest BCUT2D eigenvalue weighted by molar-refractivity contribution is 0.0625. The van der Waals surface area contributed by atoms with Crippen LogP contribution in [0.4, 0.5) is 10.5 Å². The predicted molar refractivity (Wildman–Crippen MR) is 80.2 cm³/mol. The minimum atomic E-state index is -1.02. The molecule has 2 atom stereocenters. The van der Waals surface area contributed by atoms with Gasteiger partial charge in [-0.15, -0.1) is 0 Å². The zero-order valence-corrected chi connectivity index (χ0v) is 12.3. The summed E-state index contributed by atoms with van der Waals surface area (Å²) in [6.45, 7) is 4.17. The second kappa shape index (κ2) is 6.58. The molecule has 21 heavy (non-hydrogen) atoms. The summed E-state index contributed by atoms with van der Waals surface area (Å²) in [6, 6.07) is 6.43. The second-order valence-corrected chi connectivity index (χ2v) is 5.49. The van der Waals surface area contributed by atoms with Crippen molar-refractivity contribution in [2.75, 3.05) is 5.32 Å². The summed E-state index contributed by atoms with van der Waals surface area (Å²) in [6.07, 6.45) is 3.28. The maximum Gasteiger partial charge on any atom is 0.335 e. The van der Waals surface area contributed by atoms with E-state index in [0.29, 0.717) is 17.8 Å². The molecule has 0 spiro atoms. The van der Waals surface area contributed by atoms with Gasteiger partial charge in [0.1, 0.15) is 0 Å². The highest BCUT2D eigenvalue weighted by Crippen LogP contribution is 2.20. The number of anilines is 1. The van der Waals surface area contributed by atoms with Crippen LogP contribution < -0.4 is 10.7 Å². The molecule has 1 aliphatic rings. The molecule has 1 aliphatic heterocycles. The van der Waals surface area contributed by atoms with Gasteiger partial charge in [0.05, 0.1) is 5.56 Å². The molecular weight excluding hydrogens is 270 g/mol. The minimum Gasteiger partial charge on any atom is -0.478 e. The number of nitrogens with one attached hydrogen (secondary N) is 2. The van der Waals surface area contributed by atoms with Gasteiger partial charge >= 0.3 is 12.0 Å². The normalized spacial score (nSPS) is 22.6. The molecule has 114 valence electrons. The van der Waals surface area contributed by atoms with Gasteiger partial charge in [-0.3, -0.25) is 5.43 Å². The van der Waals surface area contributed by atoms with Crippen LogP contribution in [0.2, 0.25) is 0 Å². The molecular formula is C15H21N3O3. The number of hydrogen-bond donors (Lipinski definition) is 3. The molecule has 1 fully saturated rings. The monoisotopic (exact) mass is 291 g/mol. The number of carbonyl (C=O) groups is 2. The molecule has 0 bridgehead atoms. The molecule has 0 aromatic heterocycles. The molecule has 3 N–H and O–H groups in total. The van der Waals surface area contributed by atoms with Gasteiger partial charge in [-0.25, -0.2) is 14.6 Å². The molecule has 2 amide bonds. The van der Waals surface area contributed by atoms with Gasteiger partial charge in [-0.1, -0.05) is 12.5 Å². The first-order valence-corrected chi connectivity index (χ1v) is 7.16. The molecule has 2 unspecified atom stereocenters. The van der Waals surface area contributed by atoms with Crippen LogP contribution in [0.25, 0.3) is 0 Å². The summed E-state index contributed by atoms with van der Waals surface area (Å²) in [5.74, 6) is -1.02. The van der Waals surface area contributed by atoms with Crippen molar-refractivity contribution in [1.29, 1.82) is 0 Å². The Bertz CT molecular complexity index is 523. The van der Waals surface area contributed by atoms with Crippen LogP contribution in [0.15, 0.2) is 24.3 Å². The highest BCUT2D eigenvalue weighted by atomic mass is 16.4. The minimum absolute atomic E-state index is 0.146. The number of urea groups is 1. The number of hydrazine groups is 1. The van der Waals surface area contributed by atoms with Crippen molar-refractivity contribution in [1.82, 2.24) is 10.4 Å². The fraction of sp³-hybridized carbons (Fsp3) is 0.467. The van der Waals surface area contributed by atoms with Gasteiger partial charge in [0, 0.05) is 17.8 Å². The Morgan fingerprint density at radius 2 is 1.90 bits per heavy atom. The van der Waals surface area contributed by atoms with E-state index >= 15 is 0 Å². The van der Waals surface area contributed by atoms with Crippen molar-refractivity contribution < 1.29 is 14.7 Å². The second-order valence-electron chi connectivity index (χ2n) is 5.49. The van der Waals surface area contributed by atoms with Crippen molar-refractivity contribution in [3.8, 4) is 0 Å². The van der Waals surface area contributed by atoms with E-state index in [9.17, 15) is 9.59 Å². The number of nitrogens with zero attached hydrogens (tertiary/aromatic N) is 1. The Labute approximate surface area is 124 Å². The number of piperidine rings is 1. The van der Waals surface area contributed by atoms with E-state index in [0.717, 1.165) is 12.8 Å². The summed E-state index contributed by atoms with van der Waals surface area (Å²) < 4.78 is 0. The maximum atomic E-state index is 12.0. The lowest BCUT2D eigenvalue weighted by Crippen LogP contribution is -2.55. The van der Waals surface area contributed by atoms with E-state index in [1.54, 1.807) is 12.1 Å². The molecule has 1 saturated heterocycles. The first-order chi connectivity index (χ1) is 9.97. The van der Waals surface area contributed by atoms with Crippen LogP contribution in [0.3, 0.4) is 0 Å². The number of aromatic carboxylic acids is 1. The predicted octanol–water partition coefficient (Wildman–Crippen LogP) is 2.68. The summed E-state index contributed by atoms with van der Waals surface area (Å²) in [7, 11) is 0. The highest BCUT2D eigenvalue weighted by Gasteiger charge is 2.26. The average Bonchev–Trinajstić information content (AvgIpc) is 2.43. The Morgan fingerprint density at radius 3 is 2.52 bits per heavy atom. The van der Waals surface area contributed by atoms with Crippen LogP contribution >= 0.6 is 0 Å². The molecule has 6 nitrogen and oxygen atoms in total. The van der Waals surface area contributed by atoms with Gasteiger partial charge in [0.15, 0.2) is 0 Å². The van der Waals surface area contributed by atoms with Crippen molar-refractivity contribution in [2.24, 2.45) is 0 Å². The third kappa shape index (κ3) is 3.95. The fourth-order valence-corrected chi connectivity index (χ4v) is 2.65. The highest BCUT2D eigenvalue weighted by molar-refractivity contribution is 5.92. The number of carbonyl (C=O) groups excluding carboxylic acids is 1. The van der Waals surface area contributed by atoms with Gasteiger partial charge in [0.2, 0.25) is 0 Å². The van der Waals surface area contributed by atoms with Gasteiger partial charge in [-0.2, -0.15) is 0 Å². The third-order valence-corrected chi connectivity index (χ3v) is 3.79. The first kappa shape index (κ1) is 15.3. The van der Waals surface area contributed by atoms with E-state index in [1.807, 2.05) is 5.01 Å². The number of carboxylic acid groups (broad SMARTS) is 1. The zero-order chi connectivity index (χ0) is 15.4. The average molecular weight is 291 g/mol. The van der Waals surface area contributed by atoms with Crippen molar-refractivity contribution in [3.63, 3.8) is 0 Å². The number of rotatable bonds is 3. The number of carboxylic acids is 1. The molecule has 1 aromatic rings. The summed E-state index contributed by atoms with van der Waals surface area (Å²) >= 11 is 0. The SMILES string of the molecule is CC1CCCC(C)N1NC(=O)Nc1cccc(C(=O)O)c1. The Hall–Kier alpha value is -2.08. The van der Waals surface area contributed by atoms with Crippen LogP contribution in [-0.4, -0.2) is 34.2 Å². The van der Waals surface area contributed by atoms with E-state index in [1.165, 1.54) is 18.6 Å². The Kier molecular flexibility index (Phi) is 4.80. The zero-order valence-electron chi connectivity index (χ0n) is 12.3. The molecule has 0 saturated carbocycles. The van der Waals surface area contributed by atoms with E-state index in [2.05, 4.69) is 24.6 Å². The van der Waals surface area contributed by atoms with Gasteiger partial charge in [0.25, 0.3) is 0 Å². The molecule has 0 aliphatic carbocycles. The third-order valence-electron chi connectivity index (χ3n) is 3.79. The van der Waals surface area contributed by atoms with E-state index < -0.39 is 5.97 Å². The van der Waals surface area contributed by atoms with Crippen molar-refractivity contribution >= 4 is 17.7 Å². The van der Waals surface area contributed by atoms with Crippen molar-refractivity contribution in [2.45, 2.75) is 45.2 Å². The Morgan fingerprint density at radius 1 is 1.24 bits per heavy atom. The van der Waals surface area contributed by atoms with Crippen LogP contribution in [0.1, 0.15) is 43.5 Å².